The summed E-state index contributed by atoms with van der Waals surface area (Å²) in [5.74, 6) is 0.0664. The average molecular weight is 404 g/mol. The van der Waals surface area contributed by atoms with Crippen molar-refractivity contribution in [3.8, 4) is 5.75 Å². The van der Waals surface area contributed by atoms with Gasteiger partial charge in [-0.3, -0.25) is 9.59 Å². The molecule has 6 heteroatoms. The Bertz CT molecular complexity index is 989. The molecule has 2 N–H and O–H groups in total. The van der Waals surface area contributed by atoms with Gasteiger partial charge in [-0.05, 0) is 35.9 Å². The van der Waals surface area contributed by atoms with E-state index in [1.54, 1.807) is 49.6 Å². The van der Waals surface area contributed by atoms with Gasteiger partial charge >= 0.3 is 0 Å². The van der Waals surface area contributed by atoms with Crippen molar-refractivity contribution in [2.75, 3.05) is 31.0 Å². The van der Waals surface area contributed by atoms with Crippen molar-refractivity contribution < 1.29 is 19.1 Å². The molecule has 0 atom stereocenters. The Balaban J connectivity index is 1.64. The molecule has 3 rings (SSSR count). The van der Waals surface area contributed by atoms with Gasteiger partial charge in [-0.1, -0.05) is 48.5 Å². The SMILES string of the molecule is COCCOc1ccccc1C(=O)Nc1cccc(NC(=O)Cc2ccccc2)c1. The number of anilines is 2. The van der Waals surface area contributed by atoms with Crippen LogP contribution in [0.25, 0.3) is 0 Å². The average Bonchev–Trinajstić information content (AvgIpc) is 2.75. The summed E-state index contributed by atoms with van der Waals surface area (Å²) in [6.45, 7) is 0.782. The molecule has 0 aromatic heterocycles. The Morgan fingerprint density at radius 1 is 0.800 bits per heavy atom. The second-order valence-corrected chi connectivity index (χ2v) is 6.58. The molecule has 0 heterocycles. The van der Waals surface area contributed by atoms with Crippen LogP contribution in [-0.4, -0.2) is 32.1 Å². The molecule has 154 valence electrons. The van der Waals surface area contributed by atoms with Crippen molar-refractivity contribution >= 4 is 23.2 Å². The Labute approximate surface area is 175 Å². The summed E-state index contributed by atoms with van der Waals surface area (Å²) in [6, 6.07) is 23.6. The molecule has 2 amide bonds. The zero-order valence-corrected chi connectivity index (χ0v) is 16.8. The van der Waals surface area contributed by atoms with Crippen molar-refractivity contribution in [3.63, 3.8) is 0 Å². The minimum absolute atomic E-state index is 0.124. The summed E-state index contributed by atoms with van der Waals surface area (Å²) in [6.07, 6.45) is 0.281. The zero-order chi connectivity index (χ0) is 21.2. The predicted molar refractivity (Wildman–Crippen MR) is 117 cm³/mol. The Kier molecular flexibility index (Phi) is 7.58. The highest BCUT2D eigenvalue weighted by Gasteiger charge is 2.13. The van der Waals surface area contributed by atoms with Crippen LogP contribution in [0.15, 0.2) is 78.9 Å². The quantitative estimate of drug-likeness (QED) is 0.526. The van der Waals surface area contributed by atoms with Gasteiger partial charge in [-0.25, -0.2) is 0 Å². The summed E-state index contributed by atoms with van der Waals surface area (Å²) in [5, 5.41) is 5.71. The molecule has 3 aromatic rings. The van der Waals surface area contributed by atoms with E-state index in [1.165, 1.54) is 0 Å². The summed E-state index contributed by atoms with van der Waals surface area (Å²) in [7, 11) is 1.59. The van der Waals surface area contributed by atoms with Crippen molar-refractivity contribution in [3.05, 3.63) is 90.0 Å². The van der Waals surface area contributed by atoms with Crippen molar-refractivity contribution in [1.82, 2.24) is 0 Å². The monoisotopic (exact) mass is 404 g/mol. The van der Waals surface area contributed by atoms with Crippen LogP contribution in [0, 0.1) is 0 Å². The standard InChI is InChI=1S/C24H24N2O4/c1-29-14-15-30-22-13-6-5-12-21(22)24(28)26-20-11-7-10-19(17-20)25-23(27)16-18-8-3-2-4-9-18/h2-13,17H,14-16H2,1H3,(H,25,27)(H,26,28). The van der Waals surface area contributed by atoms with Gasteiger partial charge in [0, 0.05) is 18.5 Å². The van der Waals surface area contributed by atoms with Crippen molar-refractivity contribution in [1.29, 1.82) is 0 Å². The van der Waals surface area contributed by atoms with Crippen LogP contribution < -0.4 is 15.4 Å². The Hall–Kier alpha value is -3.64. The number of nitrogens with one attached hydrogen (secondary N) is 2. The van der Waals surface area contributed by atoms with Gasteiger partial charge in [-0.2, -0.15) is 0 Å². The molecule has 0 aliphatic carbocycles. The first-order chi connectivity index (χ1) is 14.7. The van der Waals surface area contributed by atoms with E-state index < -0.39 is 0 Å². The molecule has 0 aliphatic rings. The van der Waals surface area contributed by atoms with E-state index in [0.29, 0.717) is 35.9 Å². The number of carbonyl (C=O) groups is 2. The second kappa shape index (κ2) is 10.8. The van der Waals surface area contributed by atoms with E-state index in [-0.39, 0.29) is 18.2 Å². The highest BCUT2D eigenvalue weighted by molar-refractivity contribution is 6.06. The Morgan fingerprint density at radius 3 is 2.27 bits per heavy atom. The molecular formula is C24H24N2O4. The normalized spacial score (nSPS) is 10.3. The number of hydrogen-bond donors (Lipinski definition) is 2. The van der Waals surface area contributed by atoms with Gasteiger partial charge in [0.1, 0.15) is 12.4 Å². The third kappa shape index (κ3) is 6.18. The molecule has 0 saturated carbocycles. The molecule has 0 fully saturated rings. The first kappa shape index (κ1) is 21.1. The first-order valence-electron chi connectivity index (χ1n) is 9.61. The van der Waals surface area contributed by atoms with Gasteiger partial charge in [-0.15, -0.1) is 0 Å². The smallest absolute Gasteiger partial charge is 0.259 e. The number of hydrogen-bond acceptors (Lipinski definition) is 4. The fourth-order valence-electron chi connectivity index (χ4n) is 2.87. The lowest BCUT2D eigenvalue weighted by Gasteiger charge is -2.12. The van der Waals surface area contributed by atoms with Crippen LogP contribution >= 0.6 is 0 Å². The van der Waals surface area contributed by atoms with Crippen LogP contribution in [0.4, 0.5) is 11.4 Å². The molecule has 0 saturated heterocycles. The second-order valence-electron chi connectivity index (χ2n) is 6.58. The van der Waals surface area contributed by atoms with E-state index in [4.69, 9.17) is 9.47 Å². The van der Waals surface area contributed by atoms with Gasteiger partial charge in [0.25, 0.3) is 5.91 Å². The van der Waals surface area contributed by atoms with Crippen molar-refractivity contribution in [2.45, 2.75) is 6.42 Å². The number of rotatable bonds is 9. The fourth-order valence-corrected chi connectivity index (χ4v) is 2.87. The number of amides is 2. The largest absolute Gasteiger partial charge is 0.490 e. The topological polar surface area (TPSA) is 76.7 Å². The highest BCUT2D eigenvalue weighted by Crippen LogP contribution is 2.21. The van der Waals surface area contributed by atoms with Crippen molar-refractivity contribution in [2.24, 2.45) is 0 Å². The molecule has 0 aliphatic heterocycles. The van der Waals surface area contributed by atoms with E-state index in [1.807, 2.05) is 36.4 Å². The maximum absolute atomic E-state index is 12.7. The summed E-state index contributed by atoms with van der Waals surface area (Å²) in [4.78, 5) is 25.0. The van der Waals surface area contributed by atoms with Crippen LogP contribution in [0.1, 0.15) is 15.9 Å². The van der Waals surface area contributed by atoms with Crippen LogP contribution in [0.2, 0.25) is 0 Å². The van der Waals surface area contributed by atoms with Gasteiger partial charge in [0.15, 0.2) is 0 Å². The molecular weight excluding hydrogens is 380 g/mol. The lowest BCUT2D eigenvalue weighted by molar-refractivity contribution is -0.115. The highest BCUT2D eigenvalue weighted by atomic mass is 16.5. The Morgan fingerprint density at radius 2 is 1.50 bits per heavy atom. The van der Waals surface area contributed by atoms with Crippen LogP contribution in [0.5, 0.6) is 5.75 Å². The number of ether oxygens (including phenoxy) is 2. The molecule has 0 radical (unpaired) electrons. The molecule has 3 aromatic carbocycles. The van der Waals surface area contributed by atoms with E-state index in [0.717, 1.165) is 5.56 Å². The summed E-state index contributed by atoms with van der Waals surface area (Å²) < 4.78 is 10.6. The fraction of sp³-hybridized carbons (Fsp3) is 0.167. The minimum atomic E-state index is -0.296. The third-order valence-corrected chi connectivity index (χ3v) is 4.29. The third-order valence-electron chi connectivity index (χ3n) is 4.29. The van der Waals surface area contributed by atoms with E-state index in [9.17, 15) is 9.59 Å². The zero-order valence-electron chi connectivity index (χ0n) is 16.8. The maximum Gasteiger partial charge on any atom is 0.259 e. The number of para-hydroxylation sites is 1. The van der Waals surface area contributed by atoms with Crippen LogP contribution in [-0.2, 0) is 16.0 Å². The first-order valence-corrected chi connectivity index (χ1v) is 9.61. The molecule has 0 spiro atoms. The lowest BCUT2D eigenvalue weighted by Crippen LogP contribution is -2.16. The number of carbonyl (C=O) groups excluding carboxylic acids is 2. The predicted octanol–water partition coefficient (Wildman–Crippen LogP) is 4.15. The number of methoxy groups -OCH3 is 1. The maximum atomic E-state index is 12.7. The summed E-state index contributed by atoms with van der Waals surface area (Å²) >= 11 is 0. The molecule has 30 heavy (non-hydrogen) atoms. The molecule has 6 nitrogen and oxygen atoms in total. The van der Waals surface area contributed by atoms with Gasteiger partial charge in [0.2, 0.25) is 5.91 Å². The minimum Gasteiger partial charge on any atom is -0.490 e. The van der Waals surface area contributed by atoms with E-state index in [2.05, 4.69) is 10.6 Å². The molecule has 0 unspecified atom stereocenters. The van der Waals surface area contributed by atoms with Crippen LogP contribution in [0.3, 0.4) is 0 Å². The molecule has 0 bridgehead atoms. The van der Waals surface area contributed by atoms with E-state index >= 15 is 0 Å². The van der Waals surface area contributed by atoms with Gasteiger partial charge < -0.3 is 20.1 Å². The lowest BCUT2D eigenvalue weighted by atomic mass is 10.1. The summed E-state index contributed by atoms with van der Waals surface area (Å²) in [5.41, 5.74) is 2.54. The number of benzene rings is 3. The van der Waals surface area contributed by atoms with Gasteiger partial charge in [0.05, 0.1) is 18.6 Å².